The molecule has 0 bridgehead atoms. The molecule has 2 aromatic rings. The van der Waals surface area contributed by atoms with Gasteiger partial charge in [-0.3, -0.25) is 19.1 Å². The lowest BCUT2D eigenvalue weighted by molar-refractivity contribution is 0.295. The van der Waals surface area contributed by atoms with Gasteiger partial charge in [-0.15, -0.1) is 0 Å². The minimum absolute atomic E-state index is 0.0147. The van der Waals surface area contributed by atoms with E-state index in [1.54, 1.807) is 0 Å². The van der Waals surface area contributed by atoms with Gasteiger partial charge < -0.3 is 0 Å². The van der Waals surface area contributed by atoms with Crippen molar-refractivity contribution < 1.29 is 4.39 Å². The van der Waals surface area contributed by atoms with Crippen molar-refractivity contribution in [3.8, 4) is 0 Å². The Hall–Kier alpha value is -1.76. The number of hydrogen-bond donors (Lipinski definition) is 1. The Bertz CT molecular complexity index is 732. The van der Waals surface area contributed by atoms with Crippen molar-refractivity contribution in [1.29, 1.82) is 0 Å². The summed E-state index contributed by atoms with van der Waals surface area (Å²) in [6.45, 7) is 4.16. The summed E-state index contributed by atoms with van der Waals surface area (Å²) in [5.41, 5.74) is 2.38. The summed E-state index contributed by atoms with van der Waals surface area (Å²) in [6, 6.07) is 0. The van der Waals surface area contributed by atoms with Crippen molar-refractivity contribution in [3.63, 3.8) is 0 Å². The first-order chi connectivity index (χ1) is 12.7. The van der Waals surface area contributed by atoms with Crippen LogP contribution in [0.5, 0.6) is 0 Å². The van der Waals surface area contributed by atoms with Crippen molar-refractivity contribution in [1.82, 2.24) is 29.9 Å². The van der Waals surface area contributed by atoms with Crippen molar-refractivity contribution in [3.05, 3.63) is 29.1 Å². The van der Waals surface area contributed by atoms with Crippen LogP contribution in [-0.2, 0) is 13.6 Å². The van der Waals surface area contributed by atoms with Crippen LogP contribution in [0.25, 0.3) is 0 Å². The highest BCUT2D eigenvalue weighted by molar-refractivity contribution is 5.17. The number of H-pyrrole nitrogens is 1. The molecule has 3 heterocycles. The normalized spacial score (nSPS) is 25.2. The first kappa shape index (κ1) is 17.6. The van der Waals surface area contributed by atoms with E-state index in [9.17, 15) is 4.39 Å². The maximum absolute atomic E-state index is 13.7. The molecule has 0 aromatic carbocycles. The molecule has 142 valence electrons. The molecule has 7 heteroatoms. The average molecular weight is 360 g/mol. The van der Waals surface area contributed by atoms with Crippen LogP contribution in [0.3, 0.4) is 0 Å². The van der Waals surface area contributed by atoms with Gasteiger partial charge >= 0.3 is 0 Å². The highest BCUT2D eigenvalue weighted by Crippen LogP contribution is 2.35. The van der Waals surface area contributed by atoms with Crippen molar-refractivity contribution in [2.75, 3.05) is 19.8 Å². The van der Waals surface area contributed by atoms with Crippen LogP contribution in [0.2, 0.25) is 0 Å². The standard InChI is InChI=1S/C19H29FN6/c1-13-16(9-21-25(13)2)11-26-10-15(8-20)17(12-26)19-22-18(23-24-19)14-6-4-3-5-7-14/h9,14-15,17H,3-8,10-12H2,1-2H3,(H,22,23,24)/t15-,17-/m1/s1. The van der Waals surface area contributed by atoms with E-state index in [2.05, 4.69) is 27.1 Å². The van der Waals surface area contributed by atoms with E-state index in [0.717, 1.165) is 31.3 Å². The number of likely N-dealkylation sites (tertiary alicyclic amines) is 1. The van der Waals surface area contributed by atoms with E-state index in [1.165, 1.54) is 43.4 Å². The zero-order chi connectivity index (χ0) is 18.1. The minimum Gasteiger partial charge on any atom is -0.298 e. The molecule has 4 rings (SSSR count). The summed E-state index contributed by atoms with van der Waals surface area (Å²) < 4.78 is 15.6. The van der Waals surface area contributed by atoms with Crippen LogP contribution in [0.4, 0.5) is 4.39 Å². The fraction of sp³-hybridized carbons (Fsp3) is 0.737. The molecular formula is C19H29FN6. The molecule has 0 spiro atoms. The zero-order valence-electron chi connectivity index (χ0n) is 15.8. The minimum atomic E-state index is -0.313. The third-order valence-electron chi connectivity index (χ3n) is 6.29. The van der Waals surface area contributed by atoms with Gasteiger partial charge in [0, 0.05) is 55.7 Å². The van der Waals surface area contributed by atoms with Crippen molar-refractivity contribution in [2.45, 2.75) is 57.4 Å². The second kappa shape index (κ2) is 7.47. The quantitative estimate of drug-likeness (QED) is 0.890. The van der Waals surface area contributed by atoms with E-state index in [4.69, 9.17) is 4.98 Å². The van der Waals surface area contributed by atoms with Gasteiger partial charge in [0.2, 0.25) is 0 Å². The molecule has 1 aliphatic heterocycles. The first-order valence-electron chi connectivity index (χ1n) is 9.83. The molecule has 2 aliphatic rings. The van der Waals surface area contributed by atoms with E-state index in [-0.39, 0.29) is 18.5 Å². The van der Waals surface area contributed by atoms with Gasteiger partial charge in [-0.25, -0.2) is 4.98 Å². The summed E-state index contributed by atoms with van der Waals surface area (Å²) >= 11 is 0. The topological polar surface area (TPSA) is 62.6 Å². The maximum atomic E-state index is 13.7. The summed E-state index contributed by atoms with van der Waals surface area (Å²) in [6.07, 6.45) is 8.14. The summed E-state index contributed by atoms with van der Waals surface area (Å²) in [5, 5.41) is 11.9. The number of nitrogens with one attached hydrogen (secondary N) is 1. The number of hydrogen-bond acceptors (Lipinski definition) is 4. The van der Waals surface area contributed by atoms with Crippen molar-refractivity contribution in [2.24, 2.45) is 13.0 Å². The van der Waals surface area contributed by atoms with Gasteiger partial charge in [0.15, 0.2) is 5.82 Å². The highest BCUT2D eigenvalue weighted by atomic mass is 19.1. The summed E-state index contributed by atoms with van der Waals surface area (Å²) in [5.74, 6) is 2.38. The third-order valence-corrected chi connectivity index (χ3v) is 6.29. The van der Waals surface area contributed by atoms with Crippen LogP contribution in [-0.4, -0.2) is 49.6 Å². The molecule has 2 aromatic heterocycles. The molecule has 2 atom stereocenters. The Morgan fingerprint density at radius 2 is 2.04 bits per heavy atom. The molecule has 1 saturated carbocycles. The van der Waals surface area contributed by atoms with Crippen LogP contribution < -0.4 is 0 Å². The molecule has 1 saturated heterocycles. The monoisotopic (exact) mass is 360 g/mol. The smallest absolute Gasteiger partial charge is 0.153 e. The Labute approximate surface area is 154 Å². The Morgan fingerprint density at radius 3 is 2.73 bits per heavy atom. The molecule has 1 aliphatic carbocycles. The number of nitrogens with zero attached hydrogens (tertiary/aromatic N) is 5. The number of alkyl halides is 1. The molecule has 26 heavy (non-hydrogen) atoms. The number of rotatable bonds is 5. The van der Waals surface area contributed by atoms with Gasteiger partial charge in [0.05, 0.1) is 12.9 Å². The molecule has 0 amide bonds. The number of aromatic amines is 1. The van der Waals surface area contributed by atoms with Crippen LogP contribution in [0.15, 0.2) is 6.20 Å². The molecular weight excluding hydrogens is 331 g/mol. The van der Waals surface area contributed by atoms with Gasteiger partial charge in [-0.1, -0.05) is 19.3 Å². The summed E-state index contributed by atoms with van der Waals surface area (Å²) in [7, 11) is 1.96. The highest BCUT2D eigenvalue weighted by Gasteiger charge is 2.36. The Morgan fingerprint density at radius 1 is 1.23 bits per heavy atom. The van der Waals surface area contributed by atoms with Gasteiger partial charge in [0.25, 0.3) is 0 Å². The molecule has 0 radical (unpaired) electrons. The van der Waals surface area contributed by atoms with E-state index in [1.807, 2.05) is 17.9 Å². The molecule has 0 unspecified atom stereocenters. The zero-order valence-corrected chi connectivity index (χ0v) is 15.8. The number of aryl methyl sites for hydroxylation is 1. The van der Waals surface area contributed by atoms with Gasteiger partial charge in [-0.2, -0.15) is 10.2 Å². The van der Waals surface area contributed by atoms with Crippen LogP contribution in [0, 0.1) is 12.8 Å². The largest absolute Gasteiger partial charge is 0.298 e. The molecule has 1 N–H and O–H groups in total. The molecule has 2 fully saturated rings. The third kappa shape index (κ3) is 3.41. The van der Waals surface area contributed by atoms with Crippen molar-refractivity contribution >= 4 is 0 Å². The number of aromatic nitrogens is 5. The lowest BCUT2D eigenvalue weighted by atomic mass is 9.89. The van der Waals surface area contributed by atoms with Crippen LogP contribution in [0.1, 0.15) is 66.8 Å². The fourth-order valence-corrected chi connectivity index (χ4v) is 4.49. The fourth-order valence-electron chi connectivity index (χ4n) is 4.49. The second-order valence-electron chi connectivity index (χ2n) is 8.01. The van der Waals surface area contributed by atoms with E-state index < -0.39 is 0 Å². The predicted octanol–water partition coefficient (Wildman–Crippen LogP) is 3.08. The predicted molar refractivity (Wildman–Crippen MR) is 97.6 cm³/mol. The second-order valence-corrected chi connectivity index (χ2v) is 8.01. The lowest BCUT2D eigenvalue weighted by Crippen LogP contribution is -2.21. The lowest BCUT2D eigenvalue weighted by Gasteiger charge is -2.18. The molecule has 6 nitrogen and oxygen atoms in total. The Kier molecular flexibility index (Phi) is 5.07. The SMILES string of the molecule is Cc1c(CN2C[C@@H](CF)[C@H](c3nc(C4CCCCC4)n[nH]3)C2)cnn1C. The average Bonchev–Trinajstić information content (AvgIpc) is 3.38. The first-order valence-corrected chi connectivity index (χ1v) is 9.83. The Balaban J connectivity index is 1.46. The van der Waals surface area contributed by atoms with Gasteiger partial charge in [0.1, 0.15) is 5.82 Å². The van der Waals surface area contributed by atoms with Gasteiger partial charge in [-0.05, 0) is 19.8 Å². The van der Waals surface area contributed by atoms with E-state index >= 15 is 0 Å². The van der Waals surface area contributed by atoms with Crippen LogP contribution >= 0.6 is 0 Å². The maximum Gasteiger partial charge on any atom is 0.153 e. The van der Waals surface area contributed by atoms with E-state index in [0.29, 0.717) is 5.92 Å². The number of halogens is 1. The summed E-state index contributed by atoms with van der Waals surface area (Å²) in [4.78, 5) is 7.12.